The molecule has 4 aliphatic heterocycles. The van der Waals surface area contributed by atoms with Crippen LogP contribution in [0.4, 0.5) is 15.8 Å². The molecule has 14 nitrogen and oxygen atoms in total. The van der Waals surface area contributed by atoms with Crippen molar-refractivity contribution in [3.63, 3.8) is 0 Å². The number of imide groups is 1. The average Bonchev–Trinajstić information content (AvgIpc) is 3.95. The Morgan fingerprint density at radius 1 is 0.857 bits per heavy atom. The molecule has 2 spiro atoms. The number of ketones is 1. The summed E-state index contributed by atoms with van der Waals surface area (Å²) in [6, 6.07) is 20.1. The molecular formula is C53H52Cl2FN5O9. The highest BCUT2D eigenvalue weighted by atomic mass is 35.5. The van der Waals surface area contributed by atoms with Gasteiger partial charge in [0.2, 0.25) is 23.6 Å². The minimum Gasteiger partial charge on any atom is -0.379 e. The SMILES string of the molecule is O=C1CCC(N2Cc3c(C#CCOCCOCCOCCCC(=O)c4ccc(NC(=O)[C@@H]5NC6(CCCCC6)[C@@]6(C(=O)Nc7cc(Cl)ccc76)[C@H]5c5cccc(Cl)c5F)cc4)cccc3C2=O)C(=O)N1. The molecule has 4 aromatic carbocycles. The van der Waals surface area contributed by atoms with Crippen LogP contribution in [0.1, 0.15) is 107 Å². The number of amides is 5. The fourth-order valence-corrected chi connectivity index (χ4v) is 11.4. The van der Waals surface area contributed by atoms with Gasteiger partial charge in [-0.25, -0.2) is 4.39 Å². The number of carbonyl (C=O) groups excluding carboxylic acids is 6. The second-order valence-electron chi connectivity index (χ2n) is 18.2. The van der Waals surface area contributed by atoms with Gasteiger partial charge in [0.05, 0.1) is 37.5 Å². The van der Waals surface area contributed by atoms with Gasteiger partial charge in [-0.05, 0) is 97.0 Å². The molecule has 5 aliphatic rings. The molecule has 5 amide bonds. The number of carbonyl (C=O) groups is 6. The van der Waals surface area contributed by atoms with E-state index < -0.39 is 46.6 Å². The van der Waals surface area contributed by atoms with Gasteiger partial charge in [0, 0.05) is 70.5 Å². The van der Waals surface area contributed by atoms with Crippen molar-refractivity contribution in [2.75, 3.05) is 50.3 Å². The van der Waals surface area contributed by atoms with Gasteiger partial charge < -0.3 is 29.7 Å². The third-order valence-corrected chi connectivity index (χ3v) is 14.7. The molecule has 2 saturated heterocycles. The number of ether oxygens (including phenoxy) is 3. The van der Waals surface area contributed by atoms with Gasteiger partial charge in [-0.2, -0.15) is 0 Å². The number of hydrogen-bond donors (Lipinski definition) is 4. The first-order valence-electron chi connectivity index (χ1n) is 23.7. The number of anilines is 2. The molecule has 0 radical (unpaired) electrons. The Kier molecular flexibility index (Phi) is 14.8. The first-order chi connectivity index (χ1) is 33.9. The molecule has 1 unspecified atom stereocenters. The molecule has 3 fully saturated rings. The highest BCUT2D eigenvalue weighted by molar-refractivity contribution is 6.31. The van der Waals surface area contributed by atoms with Crippen molar-refractivity contribution in [2.45, 2.75) is 93.3 Å². The summed E-state index contributed by atoms with van der Waals surface area (Å²) in [5.74, 6) is 2.49. The predicted octanol–water partition coefficient (Wildman–Crippen LogP) is 7.25. The van der Waals surface area contributed by atoms with Crippen molar-refractivity contribution >= 4 is 69.9 Å². The van der Waals surface area contributed by atoms with Gasteiger partial charge in [-0.3, -0.25) is 39.4 Å². The lowest BCUT2D eigenvalue weighted by molar-refractivity contribution is -0.137. The maximum atomic E-state index is 16.2. The summed E-state index contributed by atoms with van der Waals surface area (Å²) in [4.78, 5) is 80.7. The minimum atomic E-state index is -1.35. The zero-order valence-corrected chi connectivity index (χ0v) is 39.8. The van der Waals surface area contributed by atoms with Crippen LogP contribution in [0.3, 0.4) is 0 Å². The maximum Gasteiger partial charge on any atom is 0.255 e. The standard InChI is InChI=1S/C53H52Cl2FN5O9/c54-34-16-19-39-41(30-34)58-51(67)53(39)45(37-11-5-12-40(55)46(37)56)47(60-52(53)22-2-1-3-23-52)49(65)57-35-17-14-33(15-18-35)43(62)13-7-25-69-27-29-70-28-26-68-24-6-9-32-8-4-10-36-38(32)31-61(50(36)66)42-20-21-44(63)59-48(42)64/h4-5,8,10-12,14-19,30,42,45,47,60H,1-3,7,13,20-29,31H2,(H,57,65)(H,58,67)(H,59,63,64)/t42?,45-,47+,53+/m0/s1. The lowest BCUT2D eigenvalue weighted by atomic mass is 9.55. The molecule has 17 heteroatoms. The van der Waals surface area contributed by atoms with Crippen molar-refractivity contribution < 1.29 is 47.4 Å². The molecule has 364 valence electrons. The van der Waals surface area contributed by atoms with Crippen molar-refractivity contribution in [1.82, 2.24) is 15.5 Å². The van der Waals surface area contributed by atoms with E-state index in [1.54, 1.807) is 60.7 Å². The number of hydrogen-bond acceptors (Lipinski definition) is 10. The van der Waals surface area contributed by atoms with Crippen LogP contribution >= 0.6 is 23.2 Å². The van der Waals surface area contributed by atoms with Crippen molar-refractivity contribution in [2.24, 2.45) is 0 Å². The van der Waals surface area contributed by atoms with Crippen molar-refractivity contribution in [1.29, 1.82) is 0 Å². The quantitative estimate of drug-likeness (QED) is 0.0387. The average molecular weight is 993 g/mol. The lowest BCUT2D eigenvalue weighted by Crippen LogP contribution is -2.60. The normalized spacial score (nSPS) is 22.1. The summed E-state index contributed by atoms with van der Waals surface area (Å²) < 4.78 is 33.1. The summed E-state index contributed by atoms with van der Waals surface area (Å²) in [6.07, 6.45) is 5.02. The number of Topliss-reactive ketones (excluding diaryl/α,β-unsaturated/α-hetero) is 1. The van der Waals surface area contributed by atoms with E-state index in [-0.39, 0.29) is 60.1 Å². The molecule has 9 rings (SSSR count). The maximum absolute atomic E-state index is 16.2. The van der Waals surface area contributed by atoms with Crippen LogP contribution in [0.5, 0.6) is 0 Å². The van der Waals surface area contributed by atoms with E-state index in [0.717, 1.165) is 24.8 Å². The second-order valence-corrected chi connectivity index (χ2v) is 19.1. The van der Waals surface area contributed by atoms with E-state index in [9.17, 15) is 28.8 Å². The van der Waals surface area contributed by atoms with Crippen LogP contribution in [0.15, 0.2) is 78.9 Å². The summed E-state index contributed by atoms with van der Waals surface area (Å²) in [5, 5.41) is 12.3. The van der Waals surface area contributed by atoms with Crippen LogP contribution < -0.4 is 21.3 Å². The molecule has 4 N–H and O–H groups in total. The van der Waals surface area contributed by atoms with Gasteiger partial charge in [0.1, 0.15) is 23.9 Å². The Bertz CT molecular complexity index is 2790. The first kappa shape index (κ1) is 49.0. The van der Waals surface area contributed by atoms with Gasteiger partial charge in [-0.15, -0.1) is 0 Å². The van der Waals surface area contributed by atoms with Crippen LogP contribution in [0, 0.1) is 17.7 Å². The van der Waals surface area contributed by atoms with Crippen LogP contribution in [0.25, 0.3) is 0 Å². The molecule has 4 heterocycles. The molecule has 1 saturated carbocycles. The Labute approximate surface area is 414 Å². The van der Waals surface area contributed by atoms with Gasteiger partial charge in [0.25, 0.3) is 5.91 Å². The summed E-state index contributed by atoms with van der Waals surface area (Å²) >= 11 is 12.8. The summed E-state index contributed by atoms with van der Waals surface area (Å²) in [6.45, 7) is 2.07. The number of piperidine rings is 1. The number of halogens is 3. The Balaban J connectivity index is 0.717. The topological polar surface area (TPSA) is 181 Å². The Morgan fingerprint density at radius 3 is 2.37 bits per heavy atom. The second kappa shape index (κ2) is 21.2. The number of benzene rings is 4. The predicted molar refractivity (Wildman–Crippen MR) is 259 cm³/mol. The minimum absolute atomic E-state index is 0.0848. The first-order valence-corrected chi connectivity index (χ1v) is 24.4. The van der Waals surface area contributed by atoms with E-state index >= 15 is 4.39 Å². The van der Waals surface area contributed by atoms with Crippen molar-refractivity contribution in [3.8, 4) is 11.8 Å². The molecule has 70 heavy (non-hydrogen) atoms. The molecule has 4 atom stereocenters. The molecule has 1 aliphatic carbocycles. The van der Waals surface area contributed by atoms with Gasteiger partial charge in [-0.1, -0.05) is 78.6 Å². The fourth-order valence-electron chi connectivity index (χ4n) is 11.1. The molecule has 0 bridgehead atoms. The summed E-state index contributed by atoms with van der Waals surface area (Å²) in [5.41, 5.74) is 1.99. The van der Waals surface area contributed by atoms with Crippen LogP contribution in [-0.2, 0) is 45.3 Å². The number of nitrogens with one attached hydrogen (secondary N) is 4. The van der Waals surface area contributed by atoms with E-state index in [0.29, 0.717) is 97.4 Å². The monoisotopic (exact) mass is 991 g/mol. The zero-order valence-electron chi connectivity index (χ0n) is 38.3. The van der Waals surface area contributed by atoms with E-state index in [1.165, 1.54) is 11.0 Å². The smallest absolute Gasteiger partial charge is 0.255 e. The molecule has 0 aromatic heterocycles. The van der Waals surface area contributed by atoms with Gasteiger partial charge >= 0.3 is 0 Å². The number of fused-ring (bicyclic) bond motifs is 4. The molecule has 4 aromatic rings. The van der Waals surface area contributed by atoms with Crippen LogP contribution in [-0.4, -0.2) is 97.5 Å². The van der Waals surface area contributed by atoms with Gasteiger partial charge in [0.15, 0.2) is 5.78 Å². The number of nitrogens with zero attached hydrogens (tertiary/aromatic N) is 1. The largest absolute Gasteiger partial charge is 0.379 e. The van der Waals surface area contributed by atoms with Crippen LogP contribution in [0.2, 0.25) is 10.0 Å². The highest BCUT2D eigenvalue weighted by Gasteiger charge is 2.72. The van der Waals surface area contributed by atoms with E-state index in [1.807, 2.05) is 12.1 Å². The summed E-state index contributed by atoms with van der Waals surface area (Å²) in [7, 11) is 0. The fraction of sp³-hybridized carbons (Fsp3) is 0.396. The van der Waals surface area contributed by atoms with E-state index in [2.05, 4.69) is 33.1 Å². The number of rotatable bonds is 16. The van der Waals surface area contributed by atoms with E-state index in [4.69, 9.17) is 37.4 Å². The lowest BCUT2D eigenvalue weighted by Gasteiger charge is -2.47. The Morgan fingerprint density at radius 2 is 1.60 bits per heavy atom. The molecular weight excluding hydrogens is 941 g/mol. The third-order valence-electron chi connectivity index (χ3n) is 14.2. The van der Waals surface area contributed by atoms with Crippen molar-refractivity contribution in [3.05, 3.63) is 128 Å². The Hall–Kier alpha value is -5.99. The highest BCUT2D eigenvalue weighted by Crippen LogP contribution is 2.63. The third kappa shape index (κ3) is 9.48. The zero-order chi connectivity index (χ0) is 49.0.